The van der Waals surface area contributed by atoms with Crippen molar-refractivity contribution in [3.63, 3.8) is 0 Å². The first-order chi connectivity index (χ1) is 9.15. The van der Waals surface area contributed by atoms with E-state index in [0.717, 1.165) is 37.4 Å². The third-order valence-corrected chi connectivity index (χ3v) is 4.03. The first kappa shape index (κ1) is 16.3. The molecule has 1 rings (SSSR count). The van der Waals surface area contributed by atoms with Crippen LogP contribution >= 0.6 is 11.8 Å². The van der Waals surface area contributed by atoms with Gasteiger partial charge < -0.3 is 15.5 Å². The molecule has 6 heteroatoms. The quantitative estimate of drug-likeness (QED) is 0.569. The van der Waals surface area contributed by atoms with Crippen molar-refractivity contribution in [3.05, 3.63) is 0 Å². The Labute approximate surface area is 119 Å². The van der Waals surface area contributed by atoms with E-state index in [9.17, 15) is 9.59 Å². The van der Waals surface area contributed by atoms with Crippen molar-refractivity contribution >= 4 is 23.6 Å². The minimum absolute atomic E-state index is 0.0561. The molecule has 0 aromatic carbocycles. The summed E-state index contributed by atoms with van der Waals surface area (Å²) in [6.45, 7) is 7.03. The van der Waals surface area contributed by atoms with E-state index < -0.39 is 11.8 Å². The maximum atomic E-state index is 12.0. The maximum absolute atomic E-state index is 12.0. The van der Waals surface area contributed by atoms with Crippen LogP contribution in [-0.4, -0.2) is 60.4 Å². The van der Waals surface area contributed by atoms with E-state index in [1.54, 1.807) is 4.90 Å². The van der Waals surface area contributed by atoms with Crippen molar-refractivity contribution in [3.8, 4) is 0 Å². The molecule has 0 saturated carbocycles. The van der Waals surface area contributed by atoms with Crippen molar-refractivity contribution in [2.24, 2.45) is 0 Å². The number of nitrogens with one attached hydrogen (secondary N) is 2. The van der Waals surface area contributed by atoms with Gasteiger partial charge in [0, 0.05) is 25.7 Å². The zero-order valence-electron chi connectivity index (χ0n) is 11.9. The molecule has 1 aliphatic heterocycles. The zero-order chi connectivity index (χ0) is 14.1. The van der Waals surface area contributed by atoms with Gasteiger partial charge in [0.05, 0.1) is 0 Å². The van der Waals surface area contributed by atoms with Gasteiger partial charge in [0.2, 0.25) is 0 Å². The van der Waals surface area contributed by atoms with Gasteiger partial charge in [-0.05, 0) is 37.8 Å². The second-order valence-electron chi connectivity index (χ2n) is 4.76. The lowest BCUT2D eigenvalue weighted by Crippen LogP contribution is -2.47. The number of nitrogens with zero attached hydrogens (tertiary/aromatic N) is 1. The van der Waals surface area contributed by atoms with Gasteiger partial charge in [-0.1, -0.05) is 6.92 Å². The Morgan fingerprint density at radius 1 is 1.37 bits per heavy atom. The number of rotatable bonds is 5. The Balaban J connectivity index is 2.32. The maximum Gasteiger partial charge on any atom is 0.311 e. The summed E-state index contributed by atoms with van der Waals surface area (Å²) in [5, 5.41) is 6.01. The van der Waals surface area contributed by atoms with Crippen LogP contribution in [0, 0.1) is 0 Å². The van der Waals surface area contributed by atoms with Gasteiger partial charge >= 0.3 is 11.8 Å². The fourth-order valence-corrected chi connectivity index (χ4v) is 2.76. The summed E-state index contributed by atoms with van der Waals surface area (Å²) in [4.78, 5) is 25.5. The highest BCUT2D eigenvalue weighted by atomic mass is 32.2. The predicted octanol–water partition coefficient (Wildman–Crippen LogP) is 0.456. The molecule has 1 heterocycles. The fourth-order valence-electron chi connectivity index (χ4n) is 1.95. The van der Waals surface area contributed by atoms with Crippen molar-refractivity contribution in [2.45, 2.75) is 32.7 Å². The van der Waals surface area contributed by atoms with E-state index in [2.05, 4.69) is 17.6 Å². The van der Waals surface area contributed by atoms with E-state index in [1.165, 1.54) is 0 Å². The third-order valence-electron chi connectivity index (χ3n) is 3.10. The molecule has 19 heavy (non-hydrogen) atoms. The molecule has 0 aromatic rings. The molecule has 2 N–H and O–H groups in total. The van der Waals surface area contributed by atoms with Crippen LogP contribution in [0.1, 0.15) is 26.7 Å². The van der Waals surface area contributed by atoms with Gasteiger partial charge in [0.25, 0.3) is 0 Å². The molecule has 2 amide bonds. The average molecular weight is 287 g/mol. The molecule has 5 nitrogen and oxygen atoms in total. The standard InChI is InChI=1S/C13H25N3O2S/c1-3-19-10-5-11(2)15-12(17)13(18)16-8-4-6-14-7-9-16/h11,14H,3-10H2,1-2H3,(H,15,17). The molecule has 0 aliphatic carbocycles. The van der Waals surface area contributed by atoms with Crippen molar-refractivity contribution < 1.29 is 9.59 Å². The Hall–Kier alpha value is -0.750. The molecule has 0 spiro atoms. The number of hydrogen-bond acceptors (Lipinski definition) is 4. The molecule has 0 radical (unpaired) electrons. The van der Waals surface area contributed by atoms with E-state index in [-0.39, 0.29) is 6.04 Å². The van der Waals surface area contributed by atoms with Gasteiger partial charge in [-0.15, -0.1) is 0 Å². The smallest absolute Gasteiger partial charge is 0.311 e. The molecule has 1 fully saturated rings. The summed E-state index contributed by atoms with van der Waals surface area (Å²) in [5.74, 6) is 1.25. The van der Waals surface area contributed by atoms with Gasteiger partial charge in [0.1, 0.15) is 0 Å². The first-order valence-corrected chi connectivity index (χ1v) is 8.18. The van der Waals surface area contributed by atoms with Crippen LogP contribution < -0.4 is 10.6 Å². The lowest BCUT2D eigenvalue weighted by atomic mass is 10.2. The molecular weight excluding hydrogens is 262 g/mol. The Kier molecular flexibility index (Phi) is 7.90. The van der Waals surface area contributed by atoms with Crippen LogP contribution in [0.15, 0.2) is 0 Å². The summed E-state index contributed by atoms with van der Waals surface area (Å²) in [7, 11) is 0. The number of hydrogen-bond donors (Lipinski definition) is 2. The third kappa shape index (κ3) is 6.29. The Morgan fingerprint density at radius 2 is 2.16 bits per heavy atom. The first-order valence-electron chi connectivity index (χ1n) is 7.03. The monoisotopic (exact) mass is 287 g/mol. The number of carbonyl (C=O) groups is 2. The van der Waals surface area contributed by atoms with Gasteiger partial charge in [-0.2, -0.15) is 11.8 Å². The van der Waals surface area contributed by atoms with Crippen LogP contribution in [0.5, 0.6) is 0 Å². The lowest BCUT2D eigenvalue weighted by Gasteiger charge is -2.20. The van der Waals surface area contributed by atoms with Crippen LogP contribution in [0.2, 0.25) is 0 Å². The van der Waals surface area contributed by atoms with Crippen molar-refractivity contribution in [2.75, 3.05) is 37.7 Å². The molecule has 1 unspecified atom stereocenters. The average Bonchev–Trinajstić information content (AvgIpc) is 2.66. The van der Waals surface area contributed by atoms with Crippen LogP contribution in [0.3, 0.4) is 0 Å². The Morgan fingerprint density at radius 3 is 2.89 bits per heavy atom. The Bertz CT molecular complexity index is 292. The topological polar surface area (TPSA) is 61.4 Å². The number of carbonyl (C=O) groups excluding carboxylic acids is 2. The highest BCUT2D eigenvalue weighted by molar-refractivity contribution is 7.99. The van der Waals surface area contributed by atoms with Crippen LogP contribution in [0.4, 0.5) is 0 Å². The van der Waals surface area contributed by atoms with E-state index in [4.69, 9.17) is 0 Å². The van der Waals surface area contributed by atoms with E-state index in [1.807, 2.05) is 18.7 Å². The summed E-state index contributed by atoms with van der Waals surface area (Å²) in [5.41, 5.74) is 0. The molecule has 0 bridgehead atoms. The molecule has 0 aromatic heterocycles. The highest BCUT2D eigenvalue weighted by Gasteiger charge is 2.23. The minimum atomic E-state index is -0.462. The zero-order valence-corrected chi connectivity index (χ0v) is 12.7. The van der Waals surface area contributed by atoms with Crippen LogP contribution in [-0.2, 0) is 9.59 Å². The lowest BCUT2D eigenvalue weighted by molar-refractivity contribution is -0.146. The minimum Gasteiger partial charge on any atom is -0.345 e. The largest absolute Gasteiger partial charge is 0.345 e. The SMILES string of the molecule is CCSCCC(C)NC(=O)C(=O)N1CCCNCC1. The molecular formula is C13H25N3O2S. The predicted molar refractivity (Wildman–Crippen MR) is 79.3 cm³/mol. The second-order valence-corrected chi connectivity index (χ2v) is 6.15. The molecule has 110 valence electrons. The summed E-state index contributed by atoms with van der Waals surface area (Å²) >= 11 is 1.85. The highest BCUT2D eigenvalue weighted by Crippen LogP contribution is 2.04. The normalized spacial score (nSPS) is 17.7. The summed E-state index contributed by atoms with van der Waals surface area (Å²) in [6, 6.07) is 0.0561. The van der Waals surface area contributed by atoms with Crippen molar-refractivity contribution in [1.82, 2.24) is 15.5 Å². The summed E-state index contributed by atoms with van der Waals surface area (Å²) in [6.07, 6.45) is 1.81. The second kappa shape index (κ2) is 9.20. The van der Waals surface area contributed by atoms with Gasteiger partial charge in [-0.25, -0.2) is 0 Å². The van der Waals surface area contributed by atoms with E-state index in [0.29, 0.717) is 13.1 Å². The van der Waals surface area contributed by atoms with Crippen LogP contribution in [0.25, 0.3) is 0 Å². The number of amides is 2. The van der Waals surface area contributed by atoms with Crippen molar-refractivity contribution in [1.29, 1.82) is 0 Å². The summed E-state index contributed by atoms with van der Waals surface area (Å²) < 4.78 is 0. The molecule has 1 aliphatic rings. The molecule has 1 atom stereocenters. The van der Waals surface area contributed by atoms with E-state index >= 15 is 0 Å². The fraction of sp³-hybridized carbons (Fsp3) is 0.846. The van der Waals surface area contributed by atoms with Gasteiger partial charge in [0.15, 0.2) is 0 Å². The van der Waals surface area contributed by atoms with Gasteiger partial charge in [-0.3, -0.25) is 9.59 Å². The number of thioether (sulfide) groups is 1. The molecule has 1 saturated heterocycles.